The van der Waals surface area contributed by atoms with E-state index in [-0.39, 0.29) is 27.8 Å². The van der Waals surface area contributed by atoms with Gasteiger partial charge in [0.1, 0.15) is 0 Å². The molecule has 1 N–H and O–H groups in total. The molecular formula is C17H19ClF2N2O2. The van der Waals surface area contributed by atoms with Crippen LogP contribution in [0.1, 0.15) is 42.5 Å². The molecule has 0 aromatic heterocycles. The molecule has 24 heavy (non-hydrogen) atoms. The lowest BCUT2D eigenvalue weighted by molar-refractivity contribution is -0.121. The number of nitrogens with zero attached hydrogens (tertiary/aromatic N) is 1. The van der Waals surface area contributed by atoms with Gasteiger partial charge in [0, 0.05) is 26.1 Å². The molecule has 2 aliphatic rings. The van der Waals surface area contributed by atoms with E-state index in [4.69, 9.17) is 11.6 Å². The highest BCUT2D eigenvalue weighted by molar-refractivity contribution is 6.33. The molecule has 3 rings (SSSR count). The van der Waals surface area contributed by atoms with Gasteiger partial charge in [-0.15, -0.1) is 0 Å². The number of amides is 2. The monoisotopic (exact) mass is 356 g/mol. The number of halogens is 3. The summed E-state index contributed by atoms with van der Waals surface area (Å²) in [5.41, 5.74) is 0.0672. The predicted octanol–water partition coefficient (Wildman–Crippen LogP) is 3.14. The molecule has 4 nitrogen and oxygen atoms in total. The molecule has 2 fully saturated rings. The van der Waals surface area contributed by atoms with Crippen molar-refractivity contribution < 1.29 is 18.4 Å². The number of carbonyl (C=O) groups is 2. The van der Waals surface area contributed by atoms with Crippen LogP contribution in [0, 0.1) is 17.0 Å². The third-order valence-electron chi connectivity index (χ3n) is 5.21. The molecule has 2 aliphatic heterocycles. The van der Waals surface area contributed by atoms with Gasteiger partial charge in [-0.25, -0.2) is 8.78 Å². The maximum absolute atomic E-state index is 13.4. The van der Waals surface area contributed by atoms with E-state index in [1.165, 1.54) is 0 Å². The molecule has 7 heteroatoms. The van der Waals surface area contributed by atoms with Crippen LogP contribution in [-0.4, -0.2) is 36.3 Å². The van der Waals surface area contributed by atoms with Gasteiger partial charge in [-0.2, -0.15) is 0 Å². The van der Waals surface area contributed by atoms with Gasteiger partial charge in [-0.05, 0) is 43.2 Å². The summed E-state index contributed by atoms with van der Waals surface area (Å²) in [6.07, 6.45) is 3.85. The SMILES string of the molecule is O=C1CCC2(CCN1)CCN(C(=O)c1cc(F)c(F)cc1Cl)CC2. The van der Waals surface area contributed by atoms with Gasteiger partial charge in [0.25, 0.3) is 5.91 Å². The minimum atomic E-state index is -1.08. The van der Waals surface area contributed by atoms with E-state index in [1.807, 2.05) is 0 Å². The Kier molecular flexibility index (Phi) is 4.76. The summed E-state index contributed by atoms with van der Waals surface area (Å²) in [5, 5.41) is 2.80. The molecular weight excluding hydrogens is 338 g/mol. The van der Waals surface area contributed by atoms with Crippen LogP contribution < -0.4 is 5.32 Å². The molecule has 0 bridgehead atoms. The van der Waals surface area contributed by atoms with Gasteiger partial charge in [0.2, 0.25) is 5.91 Å². The Morgan fingerprint density at radius 2 is 1.79 bits per heavy atom. The molecule has 2 amide bonds. The Bertz CT molecular complexity index is 673. The average Bonchev–Trinajstić information content (AvgIpc) is 2.73. The highest BCUT2D eigenvalue weighted by atomic mass is 35.5. The van der Waals surface area contributed by atoms with Crippen molar-refractivity contribution in [2.24, 2.45) is 5.41 Å². The van der Waals surface area contributed by atoms with E-state index in [0.717, 1.165) is 37.8 Å². The third-order valence-corrected chi connectivity index (χ3v) is 5.52. The quantitative estimate of drug-likeness (QED) is 0.786. The first-order valence-corrected chi connectivity index (χ1v) is 8.49. The summed E-state index contributed by atoms with van der Waals surface area (Å²) in [6.45, 7) is 1.73. The fourth-order valence-corrected chi connectivity index (χ4v) is 3.83. The molecule has 1 spiro atoms. The van der Waals surface area contributed by atoms with Crippen LogP contribution in [0.15, 0.2) is 12.1 Å². The van der Waals surface area contributed by atoms with E-state index >= 15 is 0 Å². The Balaban J connectivity index is 1.69. The Labute approximate surface area is 144 Å². The van der Waals surface area contributed by atoms with Crippen molar-refractivity contribution >= 4 is 23.4 Å². The summed E-state index contributed by atoms with van der Waals surface area (Å²) in [5.74, 6) is -2.44. The molecule has 130 valence electrons. The van der Waals surface area contributed by atoms with Crippen molar-refractivity contribution in [3.8, 4) is 0 Å². The summed E-state index contributed by atoms with van der Waals surface area (Å²) < 4.78 is 26.6. The van der Waals surface area contributed by atoms with Gasteiger partial charge >= 0.3 is 0 Å². The van der Waals surface area contributed by atoms with Crippen LogP contribution in [0.5, 0.6) is 0 Å². The second kappa shape index (κ2) is 6.67. The largest absolute Gasteiger partial charge is 0.356 e. The average molecular weight is 357 g/mol. The summed E-state index contributed by atoms with van der Waals surface area (Å²) in [6, 6.07) is 1.69. The van der Waals surface area contributed by atoms with Gasteiger partial charge in [0.05, 0.1) is 10.6 Å². The number of rotatable bonds is 1. The molecule has 0 atom stereocenters. The smallest absolute Gasteiger partial charge is 0.255 e. The van der Waals surface area contributed by atoms with Crippen molar-refractivity contribution in [3.05, 3.63) is 34.4 Å². The van der Waals surface area contributed by atoms with E-state index in [1.54, 1.807) is 4.90 Å². The van der Waals surface area contributed by atoms with E-state index in [0.29, 0.717) is 26.1 Å². The third kappa shape index (κ3) is 3.38. The molecule has 1 aromatic carbocycles. The number of benzene rings is 1. The lowest BCUT2D eigenvalue weighted by Gasteiger charge is -2.41. The van der Waals surface area contributed by atoms with Crippen molar-refractivity contribution in [2.75, 3.05) is 19.6 Å². The molecule has 2 saturated heterocycles. The van der Waals surface area contributed by atoms with Crippen molar-refractivity contribution in [2.45, 2.75) is 32.1 Å². The number of carbonyl (C=O) groups excluding carboxylic acids is 2. The predicted molar refractivity (Wildman–Crippen MR) is 85.8 cm³/mol. The van der Waals surface area contributed by atoms with E-state index in [2.05, 4.69) is 5.32 Å². The second-order valence-electron chi connectivity index (χ2n) is 6.64. The lowest BCUT2D eigenvalue weighted by atomic mass is 9.73. The second-order valence-corrected chi connectivity index (χ2v) is 7.05. The lowest BCUT2D eigenvalue weighted by Crippen LogP contribution is -2.43. The first-order chi connectivity index (χ1) is 11.4. The van der Waals surface area contributed by atoms with Crippen LogP contribution in [0.25, 0.3) is 0 Å². The van der Waals surface area contributed by atoms with E-state index in [9.17, 15) is 18.4 Å². The maximum Gasteiger partial charge on any atom is 0.255 e. The zero-order chi connectivity index (χ0) is 17.3. The molecule has 2 heterocycles. The van der Waals surface area contributed by atoms with Gasteiger partial charge in [0.15, 0.2) is 11.6 Å². The number of hydrogen-bond acceptors (Lipinski definition) is 2. The minimum absolute atomic E-state index is 0.00997. The maximum atomic E-state index is 13.4. The molecule has 0 radical (unpaired) electrons. The highest BCUT2D eigenvalue weighted by Gasteiger charge is 2.37. The zero-order valence-electron chi connectivity index (χ0n) is 13.2. The number of nitrogens with one attached hydrogen (secondary N) is 1. The number of piperidine rings is 1. The van der Waals surface area contributed by atoms with E-state index < -0.39 is 11.6 Å². The summed E-state index contributed by atoms with van der Waals surface area (Å²) >= 11 is 5.90. The van der Waals surface area contributed by atoms with Gasteiger partial charge in [-0.1, -0.05) is 11.6 Å². The molecule has 1 aromatic rings. The zero-order valence-corrected chi connectivity index (χ0v) is 14.0. The highest BCUT2D eigenvalue weighted by Crippen LogP contribution is 2.40. The van der Waals surface area contributed by atoms with Crippen LogP contribution in [0.3, 0.4) is 0 Å². The summed E-state index contributed by atoms with van der Waals surface area (Å²) in [4.78, 5) is 25.7. The molecule has 0 unspecified atom stereocenters. The topological polar surface area (TPSA) is 49.4 Å². The standard InChI is InChI=1S/C17H19ClF2N2O2/c18-12-10-14(20)13(19)9-11(12)16(24)22-7-4-17(5-8-22)2-1-15(23)21-6-3-17/h9-10H,1-8H2,(H,21,23). The normalized spacial score (nSPS) is 20.6. The summed E-state index contributed by atoms with van der Waals surface area (Å²) in [7, 11) is 0. The Morgan fingerprint density at radius 1 is 1.12 bits per heavy atom. The van der Waals surface area contributed by atoms with Crippen molar-refractivity contribution in [1.82, 2.24) is 10.2 Å². The van der Waals surface area contributed by atoms with Gasteiger partial charge < -0.3 is 10.2 Å². The fraction of sp³-hybridized carbons (Fsp3) is 0.529. The fourth-order valence-electron chi connectivity index (χ4n) is 3.60. The Morgan fingerprint density at radius 3 is 2.50 bits per heavy atom. The van der Waals surface area contributed by atoms with Crippen molar-refractivity contribution in [3.63, 3.8) is 0 Å². The van der Waals surface area contributed by atoms with Crippen LogP contribution in [-0.2, 0) is 4.79 Å². The van der Waals surface area contributed by atoms with Crippen LogP contribution in [0.4, 0.5) is 8.78 Å². The molecule has 0 aliphatic carbocycles. The minimum Gasteiger partial charge on any atom is -0.356 e. The van der Waals surface area contributed by atoms with Gasteiger partial charge in [-0.3, -0.25) is 9.59 Å². The first-order valence-electron chi connectivity index (χ1n) is 8.11. The van der Waals surface area contributed by atoms with Crippen molar-refractivity contribution in [1.29, 1.82) is 0 Å². The number of likely N-dealkylation sites (tertiary alicyclic amines) is 1. The molecule has 0 saturated carbocycles. The van der Waals surface area contributed by atoms with Crippen LogP contribution >= 0.6 is 11.6 Å². The first kappa shape index (κ1) is 17.1. The Hall–Kier alpha value is -1.69. The number of hydrogen-bond donors (Lipinski definition) is 1. The van der Waals surface area contributed by atoms with Crippen LogP contribution in [0.2, 0.25) is 5.02 Å².